The van der Waals surface area contributed by atoms with Crippen molar-refractivity contribution in [3.63, 3.8) is 0 Å². The molecule has 2 atom stereocenters. The first kappa shape index (κ1) is 19.2. The largest absolute Gasteiger partial charge is 0.506 e. The van der Waals surface area contributed by atoms with E-state index in [4.69, 9.17) is 28.2 Å². The number of carbonyl (C=O) groups is 1. The number of phenols is 1. The molecule has 0 radical (unpaired) electrons. The molecule has 1 amide bonds. The van der Waals surface area contributed by atoms with E-state index in [1.54, 1.807) is 5.51 Å². The third-order valence-electron chi connectivity index (χ3n) is 4.97. The van der Waals surface area contributed by atoms with E-state index in [2.05, 4.69) is 22.1 Å². The molecule has 146 valence electrons. The van der Waals surface area contributed by atoms with E-state index in [0.717, 1.165) is 29.0 Å². The van der Waals surface area contributed by atoms with Gasteiger partial charge in [0.25, 0.3) is 5.91 Å². The van der Waals surface area contributed by atoms with E-state index in [9.17, 15) is 9.90 Å². The van der Waals surface area contributed by atoms with Gasteiger partial charge >= 0.3 is 0 Å². The first-order chi connectivity index (χ1) is 13.5. The maximum Gasteiger partial charge on any atom is 0.255 e. The van der Waals surface area contributed by atoms with Gasteiger partial charge in [0.2, 0.25) is 0 Å². The summed E-state index contributed by atoms with van der Waals surface area (Å²) in [4.78, 5) is 24.8. The van der Waals surface area contributed by atoms with Crippen molar-refractivity contribution in [1.82, 2.24) is 15.3 Å². The van der Waals surface area contributed by atoms with Gasteiger partial charge in [-0.05, 0) is 37.1 Å². The van der Waals surface area contributed by atoms with Gasteiger partial charge in [0.05, 0.1) is 16.1 Å². The molecule has 9 heteroatoms. The lowest BCUT2D eigenvalue weighted by molar-refractivity contribution is 0.0937. The number of aromatic nitrogens is 2. The van der Waals surface area contributed by atoms with E-state index in [0.29, 0.717) is 11.6 Å². The van der Waals surface area contributed by atoms with Gasteiger partial charge in [0.15, 0.2) is 0 Å². The Morgan fingerprint density at radius 2 is 2.21 bits per heavy atom. The number of benzene rings is 1. The molecule has 0 saturated carbocycles. The van der Waals surface area contributed by atoms with Gasteiger partial charge in [-0.25, -0.2) is 9.97 Å². The number of amides is 1. The summed E-state index contributed by atoms with van der Waals surface area (Å²) in [5, 5.41) is 13.4. The predicted octanol–water partition coefficient (Wildman–Crippen LogP) is 4.49. The van der Waals surface area contributed by atoms with Crippen LogP contribution < -0.4 is 10.2 Å². The Morgan fingerprint density at radius 3 is 3.00 bits per heavy atom. The summed E-state index contributed by atoms with van der Waals surface area (Å²) in [7, 11) is 0. The molecule has 1 saturated heterocycles. The lowest BCUT2D eigenvalue weighted by Crippen LogP contribution is -2.37. The van der Waals surface area contributed by atoms with Crippen LogP contribution in [0.5, 0.6) is 5.75 Å². The second-order valence-corrected chi connectivity index (χ2v) is 8.43. The first-order valence-electron chi connectivity index (χ1n) is 8.92. The van der Waals surface area contributed by atoms with Gasteiger partial charge in [-0.15, -0.1) is 11.3 Å². The number of phenolic OH excluding ortho intramolecular Hbond substituents is 1. The number of rotatable bonds is 4. The fourth-order valence-corrected chi connectivity index (χ4v) is 4.74. The molecule has 1 fully saturated rings. The second-order valence-electron chi connectivity index (χ2n) is 6.75. The summed E-state index contributed by atoms with van der Waals surface area (Å²) >= 11 is 13.4. The molecular weight excluding hydrogens is 419 g/mol. The fraction of sp³-hybridized carbons (Fsp3) is 0.316. The maximum atomic E-state index is 12.7. The molecule has 3 heterocycles. The van der Waals surface area contributed by atoms with Crippen molar-refractivity contribution in [2.45, 2.75) is 31.8 Å². The molecule has 1 aliphatic rings. The molecule has 28 heavy (non-hydrogen) atoms. The Hall–Kier alpha value is -2.09. The van der Waals surface area contributed by atoms with Crippen LogP contribution in [0.25, 0.3) is 10.3 Å². The lowest BCUT2D eigenvalue weighted by Gasteiger charge is -2.24. The highest BCUT2D eigenvalue weighted by molar-refractivity contribution is 7.16. The zero-order valence-electron chi connectivity index (χ0n) is 15.0. The van der Waals surface area contributed by atoms with Gasteiger partial charge in [-0.1, -0.05) is 30.1 Å². The minimum Gasteiger partial charge on any atom is -0.506 e. The maximum absolute atomic E-state index is 12.7. The number of anilines is 1. The van der Waals surface area contributed by atoms with Crippen LogP contribution in [0, 0.1) is 0 Å². The van der Waals surface area contributed by atoms with Gasteiger partial charge in [0, 0.05) is 23.7 Å². The standard InChI is InChI=1S/C19H18Cl2N4O2S/c1-2-12-7-11(23-18(27)13-5-10(20)6-14(21)17(13)26)8-25(12)16-4-3-15-19(24-16)28-9-22-15/h3-6,9,11-12,26H,2,7-8H2,1H3,(H,23,27)/t11-,12-/m0/s1. The van der Waals surface area contributed by atoms with Crippen LogP contribution in [0.2, 0.25) is 10.0 Å². The summed E-state index contributed by atoms with van der Waals surface area (Å²) in [5.41, 5.74) is 2.75. The Kier molecular flexibility index (Phi) is 5.31. The van der Waals surface area contributed by atoms with Crippen molar-refractivity contribution >= 4 is 56.6 Å². The average molecular weight is 437 g/mol. The number of pyridine rings is 1. The third-order valence-corrected chi connectivity index (χ3v) is 6.21. The number of fused-ring (bicyclic) bond motifs is 1. The first-order valence-corrected chi connectivity index (χ1v) is 10.6. The van der Waals surface area contributed by atoms with Crippen molar-refractivity contribution in [3.05, 3.63) is 45.4 Å². The monoisotopic (exact) mass is 436 g/mol. The van der Waals surface area contributed by atoms with Crippen LogP contribution >= 0.6 is 34.5 Å². The second kappa shape index (κ2) is 7.73. The van der Waals surface area contributed by atoms with Crippen molar-refractivity contribution < 1.29 is 9.90 Å². The lowest BCUT2D eigenvalue weighted by atomic mass is 10.1. The number of hydrogen-bond acceptors (Lipinski definition) is 6. The summed E-state index contributed by atoms with van der Waals surface area (Å²) < 4.78 is 0. The normalized spacial score (nSPS) is 19.3. The number of nitrogens with one attached hydrogen (secondary N) is 1. The molecule has 0 bridgehead atoms. The van der Waals surface area contributed by atoms with Crippen molar-refractivity contribution in [2.75, 3.05) is 11.4 Å². The van der Waals surface area contributed by atoms with Crippen LogP contribution in [0.3, 0.4) is 0 Å². The van der Waals surface area contributed by atoms with Gasteiger partial charge in [-0.3, -0.25) is 4.79 Å². The summed E-state index contributed by atoms with van der Waals surface area (Å²) in [6.45, 7) is 2.76. The van der Waals surface area contributed by atoms with Crippen LogP contribution in [0.4, 0.5) is 5.82 Å². The Bertz CT molecular complexity index is 1040. The van der Waals surface area contributed by atoms with E-state index in [-0.39, 0.29) is 28.4 Å². The van der Waals surface area contributed by atoms with E-state index < -0.39 is 5.91 Å². The highest BCUT2D eigenvalue weighted by Crippen LogP contribution is 2.32. The van der Waals surface area contributed by atoms with Crippen molar-refractivity contribution in [1.29, 1.82) is 0 Å². The fourth-order valence-electron chi connectivity index (χ4n) is 3.59. The molecular formula is C19H18Cl2N4O2S. The molecule has 2 aromatic heterocycles. The molecule has 4 rings (SSSR count). The van der Waals surface area contributed by atoms with Crippen LogP contribution in [0.1, 0.15) is 30.1 Å². The molecule has 1 aliphatic heterocycles. The van der Waals surface area contributed by atoms with Crippen LogP contribution in [0.15, 0.2) is 29.8 Å². The molecule has 0 aliphatic carbocycles. The molecule has 0 unspecified atom stereocenters. The van der Waals surface area contributed by atoms with E-state index in [1.807, 2.05) is 12.1 Å². The molecule has 3 aromatic rings. The van der Waals surface area contributed by atoms with Gasteiger partial charge < -0.3 is 15.3 Å². The number of nitrogens with zero attached hydrogens (tertiary/aromatic N) is 3. The van der Waals surface area contributed by atoms with Gasteiger partial charge in [0.1, 0.15) is 21.9 Å². The zero-order valence-corrected chi connectivity index (χ0v) is 17.4. The summed E-state index contributed by atoms with van der Waals surface area (Å²) in [5.74, 6) is 0.228. The minimum atomic E-state index is -0.394. The van der Waals surface area contributed by atoms with Gasteiger partial charge in [-0.2, -0.15) is 0 Å². The quantitative estimate of drug-likeness (QED) is 0.629. The van der Waals surface area contributed by atoms with Crippen LogP contribution in [-0.2, 0) is 0 Å². The summed E-state index contributed by atoms with van der Waals surface area (Å²) in [6, 6.07) is 6.95. The number of hydrogen-bond donors (Lipinski definition) is 2. The molecule has 6 nitrogen and oxygen atoms in total. The molecule has 1 aromatic carbocycles. The Labute approximate surface area is 176 Å². The van der Waals surface area contributed by atoms with Crippen molar-refractivity contribution in [3.8, 4) is 5.75 Å². The number of aromatic hydroxyl groups is 1. The number of halogens is 2. The number of thiazole rings is 1. The molecule has 2 N–H and O–H groups in total. The molecule has 0 spiro atoms. The topological polar surface area (TPSA) is 78.4 Å². The predicted molar refractivity (Wildman–Crippen MR) is 113 cm³/mol. The SMILES string of the molecule is CC[C@H]1C[C@H](NC(=O)c2cc(Cl)cc(Cl)c2O)CN1c1ccc2ncsc2n1. The Balaban J connectivity index is 1.53. The highest BCUT2D eigenvalue weighted by Gasteiger charge is 2.33. The smallest absolute Gasteiger partial charge is 0.255 e. The van der Waals surface area contributed by atoms with Crippen LogP contribution in [-0.4, -0.2) is 39.6 Å². The minimum absolute atomic E-state index is 0.0548. The summed E-state index contributed by atoms with van der Waals surface area (Å²) in [6.07, 6.45) is 1.72. The number of carbonyl (C=O) groups excluding carboxylic acids is 1. The van der Waals surface area contributed by atoms with E-state index >= 15 is 0 Å². The highest BCUT2D eigenvalue weighted by atomic mass is 35.5. The van der Waals surface area contributed by atoms with Crippen molar-refractivity contribution in [2.24, 2.45) is 0 Å². The van der Waals surface area contributed by atoms with E-state index in [1.165, 1.54) is 23.5 Å². The Morgan fingerprint density at radius 1 is 1.39 bits per heavy atom. The zero-order chi connectivity index (χ0) is 19.8. The third kappa shape index (κ3) is 3.62. The average Bonchev–Trinajstić information content (AvgIpc) is 3.30.